The smallest absolute Gasteiger partial charge is 0.358 e. The van der Waals surface area contributed by atoms with E-state index in [0.29, 0.717) is 17.8 Å². The molecule has 1 heterocycles. The molecule has 0 fully saturated rings. The minimum Gasteiger partial charge on any atom is -0.476 e. The number of nitro benzene ring substituents is 1. The quantitative estimate of drug-likeness (QED) is 0.570. The first-order valence-corrected chi connectivity index (χ1v) is 7.02. The Balaban J connectivity index is 2.05. The molecule has 0 unspecified atom stereocenters. The van der Waals surface area contributed by atoms with Crippen LogP contribution in [0, 0.1) is 10.1 Å². The van der Waals surface area contributed by atoms with E-state index in [1.807, 2.05) is 30.3 Å². The number of nitrogens with zero attached hydrogens (tertiary/aromatic N) is 4. The molecule has 24 heavy (non-hydrogen) atoms. The van der Waals surface area contributed by atoms with Gasteiger partial charge in [0, 0.05) is 17.7 Å². The molecule has 3 rings (SSSR count). The van der Waals surface area contributed by atoms with Crippen LogP contribution in [0.2, 0.25) is 0 Å². The molecule has 1 aromatic heterocycles. The van der Waals surface area contributed by atoms with E-state index in [0.717, 1.165) is 5.56 Å². The van der Waals surface area contributed by atoms with Gasteiger partial charge in [0.1, 0.15) is 5.69 Å². The number of hydrogen-bond donors (Lipinski definition) is 1. The lowest BCUT2D eigenvalue weighted by atomic mass is 10.1. The van der Waals surface area contributed by atoms with Crippen molar-refractivity contribution in [2.24, 2.45) is 0 Å². The lowest BCUT2D eigenvalue weighted by Crippen LogP contribution is -2.06. The molecule has 0 bridgehead atoms. The molecule has 0 radical (unpaired) electrons. The molecule has 0 aliphatic heterocycles. The van der Waals surface area contributed by atoms with Crippen molar-refractivity contribution < 1.29 is 14.8 Å². The number of benzene rings is 2. The second kappa shape index (κ2) is 6.29. The third kappa shape index (κ3) is 2.98. The van der Waals surface area contributed by atoms with Crippen LogP contribution in [0.4, 0.5) is 5.69 Å². The molecule has 8 nitrogen and oxygen atoms in total. The van der Waals surface area contributed by atoms with Gasteiger partial charge in [-0.15, -0.1) is 5.10 Å². The van der Waals surface area contributed by atoms with Crippen molar-refractivity contribution in [3.8, 4) is 11.3 Å². The second-order valence-electron chi connectivity index (χ2n) is 5.04. The summed E-state index contributed by atoms with van der Waals surface area (Å²) in [5.74, 6) is -1.21. The van der Waals surface area contributed by atoms with Crippen molar-refractivity contribution >= 4 is 11.7 Å². The van der Waals surface area contributed by atoms with E-state index >= 15 is 0 Å². The fraction of sp³-hybridized carbons (Fsp3) is 0.0625. The fourth-order valence-corrected chi connectivity index (χ4v) is 2.35. The normalized spacial score (nSPS) is 10.5. The maximum Gasteiger partial charge on any atom is 0.358 e. The van der Waals surface area contributed by atoms with Gasteiger partial charge >= 0.3 is 5.97 Å². The number of non-ortho nitro benzene ring substituents is 1. The van der Waals surface area contributed by atoms with Crippen LogP contribution >= 0.6 is 0 Å². The molecule has 120 valence electrons. The van der Waals surface area contributed by atoms with Crippen LogP contribution in [0.15, 0.2) is 54.6 Å². The average Bonchev–Trinajstić information content (AvgIpc) is 2.99. The Morgan fingerprint density at radius 2 is 1.79 bits per heavy atom. The summed E-state index contributed by atoms with van der Waals surface area (Å²) in [6, 6.07) is 15.0. The summed E-state index contributed by atoms with van der Waals surface area (Å²) in [4.78, 5) is 21.7. The summed E-state index contributed by atoms with van der Waals surface area (Å²) in [6.07, 6.45) is 0. The molecular weight excluding hydrogens is 312 g/mol. The Morgan fingerprint density at radius 1 is 1.12 bits per heavy atom. The van der Waals surface area contributed by atoms with Gasteiger partial charge in [-0.05, 0) is 17.7 Å². The van der Waals surface area contributed by atoms with E-state index in [1.165, 1.54) is 28.9 Å². The molecule has 2 aromatic carbocycles. The first-order valence-electron chi connectivity index (χ1n) is 7.02. The Labute approximate surface area is 136 Å². The van der Waals surface area contributed by atoms with Crippen LogP contribution in [0.3, 0.4) is 0 Å². The van der Waals surface area contributed by atoms with Crippen LogP contribution in [-0.2, 0) is 6.54 Å². The van der Waals surface area contributed by atoms with Gasteiger partial charge in [0.2, 0.25) is 0 Å². The van der Waals surface area contributed by atoms with Crippen molar-refractivity contribution in [3.05, 3.63) is 76.0 Å². The number of aromatic nitrogens is 3. The number of nitro groups is 1. The summed E-state index contributed by atoms with van der Waals surface area (Å²) < 4.78 is 1.47. The Hall–Kier alpha value is -3.55. The predicted octanol–water partition coefficient (Wildman–Crippen LogP) is 2.60. The second-order valence-corrected chi connectivity index (χ2v) is 5.04. The van der Waals surface area contributed by atoms with Gasteiger partial charge in [-0.25, -0.2) is 9.48 Å². The third-order valence-electron chi connectivity index (χ3n) is 3.46. The number of aromatic carboxylic acids is 1. The first-order chi connectivity index (χ1) is 11.6. The predicted molar refractivity (Wildman–Crippen MR) is 84.6 cm³/mol. The molecule has 3 aromatic rings. The Bertz CT molecular complexity index is 888. The standard InChI is InChI=1S/C16H12N4O4/c21-16(22)14-15(12-6-8-13(9-7-12)20(23)24)19(18-17-14)10-11-4-2-1-3-5-11/h1-9H,10H2,(H,21,22). The monoisotopic (exact) mass is 324 g/mol. The summed E-state index contributed by atoms with van der Waals surface area (Å²) in [5.41, 5.74) is 1.47. The van der Waals surface area contributed by atoms with E-state index in [4.69, 9.17) is 0 Å². The zero-order valence-electron chi connectivity index (χ0n) is 12.4. The molecule has 0 atom stereocenters. The maximum atomic E-state index is 11.4. The van der Waals surface area contributed by atoms with Crippen molar-refractivity contribution in [3.63, 3.8) is 0 Å². The van der Waals surface area contributed by atoms with E-state index < -0.39 is 10.9 Å². The summed E-state index contributed by atoms with van der Waals surface area (Å²) in [6.45, 7) is 0.341. The van der Waals surface area contributed by atoms with Crippen molar-refractivity contribution in [1.82, 2.24) is 15.0 Å². The summed E-state index contributed by atoms with van der Waals surface area (Å²) in [7, 11) is 0. The highest BCUT2D eigenvalue weighted by atomic mass is 16.6. The number of carboxylic acid groups (broad SMARTS) is 1. The van der Waals surface area contributed by atoms with Crippen LogP contribution in [-0.4, -0.2) is 31.0 Å². The number of hydrogen-bond acceptors (Lipinski definition) is 5. The molecular formula is C16H12N4O4. The van der Waals surface area contributed by atoms with Gasteiger partial charge in [0.05, 0.1) is 11.5 Å². The van der Waals surface area contributed by atoms with Crippen LogP contribution in [0.5, 0.6) is 0 Å². The SMILES string of the molecule is O=C(O)c1nnn(Cc2ccccc2)c1-c1ccc([N+](=O)[O-])cc1. The lowest BCUT2D eigenvalue weighted by Gasteiger charge is -2.07. The molecule has 0 amide bonds. The highest BCUT2D eigenvalue weighted by Gasteiger charge is 2.21. The fourth-order valence-electron chi connectivity index (χ4n) is 2.35. The number of carbonyl (C=O) groups is 1. The van der Waals surface area contributed by atoms with E-state index in [9.17, 15) is 20.0 Å². The van der Waals surface area contributed by atoms with Crippen molar-refractivity contribution in [2.45, 2.75) is 6.54 Å². The zero-order chi connectivity index (χ0) is 17.1. The van der Waals surface area contributed by atoms with Crippen LogP contribution in [0.25, 0.3) is 11.3 Å². The number of rotatable bonds is 5. The zero-order valence-corrected chi connectivity index (χ0v) is 12.4. The summed E-state index contributed by atoms with van der Waals surface area (Å²) >= 11 is 0. The average molecular weight is 324 g/mol. The van der Waals surface area contributed by atoms with Gasteiger partial charge in [-0.2, -0.15) is 0 Å². The molecule has 0 aliphatic carbocycles. The lowest BCUT2D eigenvalue weighted by molar-refractivity contribution is -0.384. The maximum absolute atomic E-state index is 11.4. The minimum absolute atomic E-state index is 0.0716. The van der Waals surface area contributed by atoms with Gasteiger partial charge < -0.3 is 5.11 Å². The van der Waals surface area contributed by atoms with E-state index in [2.05, 4.69) is 10.3 Å². The molecule has 1 N–H and O–H groups in total. The highest BCUT2D eigenvalue weighted by Crippen LogP contribution is 2.25. The van der Waals surface area contributed by atoms with Crippen LogP contribution in [0.1, 0.15) is 16.1 Å². The molecule has 0 saturated carbocycles. The topological polar surface area (TPSA) is 111 Å². The van der Waals surface area contributed by atoms with Gasteiger partial charge in [-0.3, -0.25) is 10.1 Å². The highest BCUT2D eigenvalue weighted by molar-refractivity contribution is 5.92. The van der Waals surface area contributed by atoms with Gasteiger partial charge in [0.25, 0.3) is 5.69 Å². The minimum atomic E-state index is -1.21. The molecule has 0 saturated heterocycles. The largest absolute Gasteiger partial charge is 0.476 e. The van der Waals surface area contributed by atoms with E-state index in [1.54, 1.807) is 0 Å². The van der Waals surface area contributed by atoms with E-state index in [-0.39, 0.29) is 11.4 Å². The Morgan fingerprint density at radius 3 is 2.38 bits per heavy atom. The number of carboxylic acids is 1. The third-order valence-corrected chi connectivity index (χ3v) is 3.46. The van der Waals surface area contributed by atoms with Gasteiger partial charge in [-0.1, -0.05) is 35.5 Å². The molecule has 0 aliphatic rings. The Kier molecular flexibility index (Phi) is 4.02. The summed E-state index contributed by atoms with van der Waals surface area (Å²) in [5, 5.41) is 27.7. The first kappa shape index (κ1) is 15.3. The van der Waals surface area contributed by atoms with Gasteiger partial charge in [0.15, 0.2) is 5.69 Å². The molecule has 0 spiro atoms. The van der Waals surface area contributed by atoms with Crippen molar-refractivity contribution in [2.75, 3.05) is 0 Å². The van der Waals surface area contributed by atoms with Crippen LogP contribution < -0.4 is 0 Å². The van der Waals surface area contributed by atoms with Crippen molar-refractivity contribution in [1.29, 1.82) is 0 Å². The molecule has 8 heteroatoms.